The van der Waals surface area contributed by atoms with Crippen molar-refractivity contribution in [1.82, 2.24) is 9.97 Å². The third kappa shape index (κ3) is 7.16. The summed E-state index contributed by atoms with van der Waals surface area (Å²) in [5.74, 6) is 0.384. The number of ether oxygens (including phenoxy) is 4. The van der Waals surface area contributed by atoms with Crippen molar-refractivity contribution >= 4 is 32.9 Å². The van der Waals surface area contributed by atoms with Crippen LogP contribution in [0.1, 0.15) is 18.2 Å². The van der Waals surface area contributed by atoms with E-state index in [2.05, 4.69) is 25.9 Å². The topological polar surface area (TPSA) is 92.9 Å². The molecule has 0 saturated heterocycles. The zero-order valence-electron chi connectivity index (χ0n) is 25.9. The predicted molar refractivity (Wildman–Crippen MR) is 179 cm³/mol. The minimum atomic E-state index is -1.17. The molecule has 11 heteroatoms. The van der Waals surface area contributed by atoms with Crippen molar-refractivity contribution in [3.8, 4) is 40.0 Å². The fourth-order valence-corrected chi connectivity index (χ4v) is 5.87. The Balaban J connectivity index is 1.27. The summed E-state index contributed by atoms with van der Waals surface area (Å²) in [6.45, 7) is 1.92. The van der Waals surface area contributed by atoms with Gasteiger partial charge in [0, 0.05) is 30.3 Å². The third-order valence-electron chi connectivity index (χ3n) is 7.40. The highest BCUT2D eigenvalue weighted by atomic mass is 79.9. The van der Waals surface area contributed by atoms with Gasteiger partial charge in [-0.2, -0.15) is 0 Å². The summed E-state index contributed by atoms with van der Waals surface area (Å²) >= 11 is 3.55. The van der Waals surface area contributed by atoms with Gasteiger partial charge in [0.15, 0.2) is 11.9 Å². The highest BCUT2D eigenvalue weighted by molar-refractivity contribution is 9.10. The van der Waals surface area contributed by atoms with Gasteiger partial charge in [-0.05, 0) is 76.9 Å². The Hall–Kier alpha value is -5.29. The van der Waals surface area contributed by atoms with Crippen LogP contribution in [-0.4, -0.2) is 35.8 Å². The number of hydrogen-bond acceptors (Lipinski definition) is 8. The molecule has 0 bridgehead atoms. The van der Waals surface area contributed by atoms with Crippen LogP contribution in [0.3, 0.4) is 0 Å². The van der Waals surface area contributed by atoms with Crippen molar-refractivity contribution in [2.75, 3.05) is 13.7 Å². The average Bonchev–Trinajstić information content (AvgIpc) is 3.43. The Morgan fingerprint density at radius 3 is 2.44 bits per heavy atom. The molecule has 1 atom stereocenters. The molecular weight excluding hydrogens is 686 g/mol. The van der Waals surface area contributed by atoms with Gasteiger partial charge in [0.25, 0.3) is 0 Å². The van der Waals surface area contributed by atoms with Crippen molar-refractivity contribution < 1.29 is 36.9 Å². The lowest BCUT2D eigenvalue weighted by Crippen LogP contribution is -2.32. The van der Waals surface area contributed by atoms with Crippen LogP contribution in [0, 0.1) is 11.6 Å². The first-order valence-corrected chi connectivity index (χ1v) is 15.8. The summed E-state index contributed by atoms with van der Waals surface area (Å²) < 4.78 is 58.1. The van der Waals surface area contributed by atoms with Gasteiger partial charge in [-0.25, -0.2) is 23.5 Å². The molecule has 2 heterocycles. The summed E-state index contributed by atoms with van der Waals surface area (Å²) in [7, 11) is 1.59. The number of fused-ring (bicyclic) bond motifs is 1. The maximum atomic E-state index is 14.9. The summed E-state index contributed by atoms with van der Waals surface area (Å²) in [6, 6.07) is 24.5. The number of furan rings is 1. The van der Waals surface area contributed by atoms with Crippen LogP contribution < -0.4 is 14.2 Å². The highest BCUT2D eigenvalue weighted by Crippen LogP contribution is 2.43. The lowest BCUT2D eigenvalue weighted by atomic mass is 10.1. The van der Waals surface area contributed by atoms with Crippen molar-refractivity contribution in [2.24, 2.45) is 0 Å². The highest BCUT2D eigenvalue weighted by Gasteiger charge is 2.27. The van der Waals surface area contributed by atoms with E-state index in [4.69, 9.17) is 23.4 Å². The molecular formula is C37H29BrF2N2O6. The number of para-hydroxylation sites is 2. The van der Waals surface area contributed by atoms with E-state index in [0.29, 0.717) is 49.8 Å². The number of rotatable bonds is 12. The lowest BCUT2D eigenvalue weighted by Gasteiger charge is -2.20. The molecule has 0 aliphatic rings. The van der Waals surface area contributed by atoms with Gasteiger partial charge in [-0.15, -0.1) is 0 Å². The monoisotopic (exact) mass is 714 g/mol. The van der Waals surface area contributed by atoms with E-state index in [9.17, 15) is 13.6 Å². The van der Waals surface area contributed by atoms with Gasteiger partial charge in [0.2, 0.25) is 0 Å². The minimum absolute atomic E-state index is 0.0452. The summed E-state index contributed by atoms with van der Waals surface area (Å²) in [6.07, 6.45) is 0.523. The molecule has 8 nitrogen and oxygen atoms in total. The lowest BCUT2D eigenvalue weighted by molar-refractivity contribution is -0.151. The van der Waals surface area contributed by atoms with Gasteiger partial charge in [-0.1, -0.05) is 30.3 Å². The first kappa shape index (κ1) is 32.6. The van der Waals surface area contributed by atoms with Crippen LogP contribution in [0.25, 0.3) is 33.7 Å². The van der Waals surface area contributed by atoms with E-state index in [0.717, 1.165) is 5.56 Å². The summed E-state index contributed by atoms with van der Waals surface area (Å²) in [5, 5.41) is 0.407. The number of aromatic nitrogens is 2. The maximum Gasteiger partial charge on any atom is 0.347 e. The van der Waals surface area contributed by atoms with Crippen LogP contribution in [-0.2, 0) is 22.6 Å². The van der Waals surface area contributed by atoms with E-state index in [1.54, 1.807) is 44.5 Å². The molecule has 4 aromatic carbocycles. The number of nitrogens with zero attached hydrogens (tertiary/aromatic N) is 2. The Labute approximate surface area is 283 Å². The normalized spacial score (nSPS) is 11.7. The van der Waals surface area contributed by atoms with Crippen LogP contribution >= 0.6 is 15.9 Å². The molecule has 0 saturated carbocycles. The number of benzene rings is 4. The Kier molecular flexibility index (Phi) is 9.96. The minimum Gasteiger partial charge on any atom is -0.496 e. The Morgan fingerprint density at radius 2 is 1.67 bits per heavy atom. The average molecular weight is 716 g/mol. The van der Waals surface area contributed by atoms with Gasteiger partial charge < -0.3 is 23.4 Å². The van der Waals surface area contributed by atoms with E-state index in [1.807, 2.05) is 42.5 Å². The van der Waals surface area contributed by atoms with E-state index < -0.39 is 23.7 Å². The third-order valence-corrected chi connectivity index (χ3v) is 8.16. The zero-order chi connectivity index (χ0) is 33.6. The Bertz CT molecular complexity index is 2070. The first-order valence-electron chi connectivity index (χ1n) is 15.0. The van der Waals surface area contributed by atoms with Gasteiger partial charge in [0.05, 0.1) is 34.8 Å². The zero-order valence-corrected chi connectivity index (χ0v) is 27.5. The second-order valence-electron chi connectivity index (χ2n) is 10.6. The first-order chi connectivity index (χ1) is 23.3. The largest absolute Gasteiger partial charge is 0.496 e. The molecule has 0 radical (unpaired) electrons. The molecule has 48 heavy (non-hydrogen) atoms. The van der Waals surface area contributed by atoms with Crippen LogP contribution in [0.2, 0.25) is 0 Å². The molecule has 0 amide bonds. The van der Waals surface area contributed by atoms with Crippen LogP contribution in [0.15, 0.2) is 106 Å². The van der Waals surface area contributed by atoms with Gasteiger partial charge >= 0.3 is 5.97 Å². The molecule has 244 valence electrons. The molecule has 6 aromatic rings. The number of carbonyl (C=O) groups is 1. The van der Waals surface area contributed by atoms with Crippen molar-refractivity contribution in [3.05, 3.63) is 125 Å². The van der Waals surface area contributed by atoms with E-state index in [-0.39, 0.29) is 31.0 Å². The SMILES string of the molecule is CCOC(=O)[C@@H](Cc1ccccc1OCc1ccnc(-c2ccccc2OC)n1)Oc1cc(F)cc2oc(-c3ccc(F)cc3)c(Br)c12. The van der Waals surface area contributed by atoms with E-state index in [1.165, 1.54) is 24.3 Å². The van der Waals surface area contributed by atoms with Crippen LogP contribution in [0.4, 0.5) is 8.78 Å². The Morgan fingerprint density at radius 1 is 0.917 bits per heavy atom. The molecule has 0 spiro atoms. The fourth-order valence-electron chi connectivity index (χ4n) is 5.16. The molecule has 0 fully saturated rings. The number of carbonyl (C=O) groups excluding carboxylic acids is 1. The number of methoxy groups -OCH3 is 1. The molecule has 2 aromatic heterocycles. The second kappa shape index (κ2) is 14.6. The molecule has 0 aliphatic heterocycles. The molecule has 0 aliphatic carbocycles. The van der Waals surface area contributed by atoms with Crippen LogP contribution in [0.5, 0.6) is 17.2 Å². The maximum absolute atomic E-state index is 14.9. The predicted octanol–water partition coefficient (Wildman–Crippen LogP) is 8.74. The molecule has 0 unspecified atom stereocenters. The molecule has 0 N–H and O–H groups in total. The van der Waals surface area contributed by atoms with Gasteiger partial charge in [-0.3, -0.25) is 0 Å². The number of halogens is 3. The summed E-state index contributed by atoms with van der Waals surface area (Å²) in [4.78, 5) is 22.3. The quantitative estimate of drug-likeness (QED) is 0.116. The fraction of sp³-hybridized carbons (Fsp3) is 0.162. The van der Waals surface area contributed by atoms with Crippen molar-refractivity contribution in [1.29, 1.82) is 0 Å². The van der Waals surface area contributed by atoms with Crippen molar-refractivity contribution in [2.45, 2.75) is 26.1 Å². The number of hydrogen-bond donors (Lipinski definition) is 0. The number of esters is 1. The smallest absolute Gasteiger partial charge is 0.347 e. The molecule has 6 rings (SSSR count). The summed E-state index contributed by atoms with van der Waals surface area (Å²) in [5.41, 5.74) is 2.78. The standard InChI is InChI=1S/C37H29BrF2N2O6/c1-3-45-37(43)32(47-30-19-25(40)20-31-33(30)34(38)35(48-31)22-12-14-24(39)15-13-22)18-23-8-4-6-10-28(23)46-21-26-16-17-41-36(42-26)27-9-5-7-11-29(27)44-2/h4-17,19-20,32H,3,18,21H2,1-2H3/t32-/m1/s1. The van der Waals surface area contributed by atoms with E-state index >= 15 is 0 Å². The van der Waals surface area contributed by atoms with Crippen molar-refractivity contribution in [3.63, 3.8) is 0 Å². The van der Waals surface area contributed by atoms with Gasteiger partial charge in [0.1, 0.15) is 46.8 Å². The second-order valence-corrected chi connectivity index (χ2v) is 11.4.